The predicted octanol–water partition coefficient (Wildman–Crippen LogP) is 1.57. The van der Waals surface area contributed by atoms with Crippen LogP contribution in [0.2, 0.25) is 0 Å². The third kappa shape index (κ3) is 11.3. The molecule has 1 aromatic rings. The fourth-order valence-electron chi connectivity index (χ4n) is 1.19. The Bertz CT molecular complexity index is 406. The number of hydrogen-bond donors (Lipinski definition) is 3. The minimum atomic E-state index is -4.67. The lowest BCUT2D eigenvalue weighted by Crippen LogP contribution is -2.38. The Morgan fingerprint density at radius 2 is 1.59 bits per heavy atom. The van der Waals surface area contributed by atoms with Crippen LogP contribution < -0.4 is 5.32 Å². The van der Waals surface area contributed by atoms with Gasteiger partial charge in [-0.05, 0) is 32.9 Å². The van der Waals surface area contributed by atoms with Crippen molar-refractivity contribution < 1.29 is 17.5 Å². The molecule has 3 N–H and O–H groups in total. The molecule has 5 nitrogen and oxygen atoms in total. The Kier molecular flexibility index (Phi) is 6.33. The van der Waals surface area contributed by atoms with E-state index in [0.717, 1.165) is 6.42 Å². The second kappa shape index (κ2) is 6.70. The van der Waals surface area contributed by atoms with E-state index in [1.165, 1.54) is 5.56 Å². The monoisotopic (exact) mass is 261 g/mol. The number of likely N-dealkylation sites (N-methyl/N-ethyl adjacent to an activating group) is 1. The van der Waals surface area contributed by atoms with E-state index in [1.807, 2.05) is 7.05 Å². The fourth-order valence-corrected chi connectivity index (χ4v) is 1.19. The number of rotatable bonds is 3. The molecule has 0 unspecified atom stereocenters. The van der Waals surface area contributed by atoms with Crippen LogP contribution in [0.1, 0.15) is 19.4 Å². The first kappa shape index (κ1) is 16.1. The van der Waals surface area contributed by atoms with E-state index in [-0.39, 0.29) is 5.54 Å². The first-order chi connectivity index (χ1) is 7.64. The minimum absolute atomic E-state index is 0.196. The molecular formula is C11H19NO4S. The predicted molar refractivity (Wildman–Crippen MR) is 67.5 cm³/mol. The van der Waals surface area contributed by atoms with Crippen molar-refractivity contribution in [1.82, 2.24) is 5.32 Å². The summed E-state index contributed by atoms with van der Waals surface area (Å²) in [4.78, 5) is 0. The average molecular weight is 261 g/mol. The topological polar surface area (TPSA) is 86.6 Å². The van der Waals surface area contributed by atoms with Gasteiger partial charge in [0.2, 0.25) is 0 Å². The molecular weight excluding hydrogens is 242 g/mol. The lowest BCUT2D eigenvalue weighted by molar-refractivity contribution is 0.381. The first-order valence-corrected chi connectivity index (χ1v) is 6.46. The maximum atomic E-state index is 8.74. The van der Waals surface area contributed by atoms with Crippen molar-refractivity contribution in [1.29, 1.82) is 0 Å². The van der Waals surface area contributed by atoms with Gasteiger partial charge < -0.3 is 5.32 Å². The second-order valence-corrected chi connectivity index (χ2v) is 5.14. The van der Waals surface area contributed by atoms with Crippen LogP contribution in [0.15, 0.2) is 30.3 Å². The highest BCUT2D eigenvalue weighted by atomic mass is 32.3. The van der Waals surface area contributed by atoms with Gasteiger partial charge in [-0.25, -0.2) is 0 Å². The van der Waals surface area contributed by atoms with Crippen molar-refractivity contribution in [2.75, 3.05) is 7.05 Å². The summed E-state index contributed by atoms with van der Waals surface area (Å²) < 4.78 is 31.6. The van der Waals surface area contributed by atoms with Crippen molar-refractivity contribution in [2.45, 2.75) is 25.8 Å². The van der Waals surface area contributed by atoms with Crippen molar-refractivity contribution in [2.24, 2.45) is 0 Å². The van der Waals surface area contributed by atoms with Crippen LogP contribution in [0, 0.1) is 0 Å². The number of nitrogens with one attached hydrogen (secondary N) is 1. The minimum Gasteiger partial charge on any atom is -0.314 e. The van der Waals surface area contributed by atoms with Crippen molar-refractivity contribution in [3.8, 4) is 0 Å². The van der Waals surface area contributed by atoms with E-state index in [1.54, 1.807) is 0 Å². The van der Waals surface area contributed by atoms with Gasteiger partial charge in [0.05, 0.1) is 0 Å². The highest BCUT2D eigenvalue weighted by Crippen LogP contribution is 2.10. The highest BCUT2D eigenvalue weighted by molar-refractivity contribution is 7.79. The molecule has 0 aromatic heterocycles. The molecule has 1 rings (SSSR count). The Labute approximate surface area is 102 Å². The van der Waals surface area contributed by atoms with Crippen LogP contribution in [0.25, 0.3) is 0 Å². The molecule has 0 amide bonds. The van der Waals surface area contributed by atoms with Crippen LogP contribution in [-0.2, 0) is 16.8 Å². The number of benzene rings is 1. The van der Waals surface area contributed by atoms with Crippen LogP contribution in [0.3, 0.4) is 0 Å². The zero-order valence-corrected chi connectivity index (χ0v) is 11.0. The van der Waals surface area contributed by atoms with E-state index < -0.39 is 10.4 Å². The normalized spacial score (nSPS) is 11.6. The molecule has 17 heavy (non-hydrogen) atoms. The maximum Gasteiger partial charge on any atom is 0.394 e. The summed E-state index contributed by atoms with van der Waals surface area (Å²) in [6, 6.07) is 10.6. The Morgan fingerprint density at radius 3 is 1.94 bits per heavy atom. The zero-order chi connectivity index (χ0) is 13.5. The van der Waals surface area contributed by atoms with Crippen molar-refractivity contribution in [3.63, 3.8) is 0 Å². The summed E-state index contributed by atoms with van der Waals surface area (Å²) in [5.41, 5.74) is 1.58. The van der Waals surface area contributed by atoms with E-state index in [9.17, 15) is 0 Å². The van der Waals surface area contributed by atoms with E-state index in [2.05, 4.69) is 49.5 Å². The van der Waals surface area contributed by atoms with Gasteiger partial charge in [0, 0.05) is 5.54 Å². The molecule has 0 saturated carbocycles. The SMILES string of the molecule is CNC(C)(C)Cc1ccccc1.O=S(=O)(O)O. The summed E-state index contributed by atoms with van der Waals surface area (Å²) >= 11 is 0. The number of hydrogen-bond acceptors (Lipinski definition) is 3. The largest absolute Gasteiger partial charge is 0.394 e. The third-order valence-corrected chi connectivity index (χ3v) is 2.17. The summed E-state index contributed by atoms with van der Waals surface area (Å²) in [5, 5.41) is 3.29. The molecule has 0 spiro atoms. The van der Waals surface area contributed by atoms with Gasteiger partial charge in [-0.2, -0.15) is 8.42 Å². The molecule has 98 valence electrons. The first-order valence-electron chi connectivity index (χ1n) is 5.07. The standard InChI is InChI=1S/C11H17N.H2O4S/c1-11(2,12-3)9-10-7-5-4-6-8-10;1-5(2,3)4/h4-8,12H,9H2,1-3H3;(H2,1,2,3,4). The highest BCUT2D eigenvalue weighted by Gasteiger charge is 2.14. The summed E-state index contributed by atoms with van der Waals surface area (Å²) in [6.07, 6.45) is 1.07. The molecule has 1 aromatic carbocycles. The molecule has 0 fully saturated rings. The summed E-state index contributed by atoms with van der Waals surface area (Å²) in [5.74, 6) is 0. The molecule has 0 radical (unpaired) electrons. The Morgan fingerprint density at radius 1 is 1.18 bits per heavy atom. The molecule has 0 bridgehead atoms. The lowest BCUT2D eigenvalue weighted by atomic mass is 9.95. The van der Waals surface area contributed by atoms with Crippen LogP contribution in [0.5, 0.6) is 0 Å². The van der Waals surface area contributed by atoms with Crippen LogP contribution in [0.4, 0.5) is 0 Å². The van der Waals surface area contributed by atoms with Gasteiger partial charge in [0.15, 0.2) is 0 Å². The van der Waals surface area contributed by atoms with Gasteiger partial charge in [-0.1, -0.05) is 30.3 Å². The van der Waals surface area contributed by atoms with Crippen LogP contribution >= 0.6 is 0 Å². The molecule has 6 heteroatoms. The Hall–Kier alpha value is -0.950. The van der Waals surface area contributed by atoms with Gasteiger partial charge in [-0.15, -0.1) is 0 Å². The van der Waals surface area contributed by atoms with Crippen molar-refractivity contribution >= 4 is 10.4 Å². The quantitative estimate of drug-likeness (QED) is 0.719. The smallest absolute Gasteiger partial charge is 0.314 e. The molecule has 0 aliphatic carbocycles. The third-order valence-electron chi connectivity index (χ3n) is 2.17. The summed E-state index contributed by atoms with van der Waals surface area (Å²) in [6.45, 7) is 4.42. The average Bonchev–Trinajstić information content (AvgIpc) is 2.16. The molecule has 0 atom stereocenters. The van der Waals surface area contributed by atoms with Gasteiger partial charge in [-0.3, -0.25) is 9.11 Å². The zero-order valence-electron chi connectivity index (χ0n) is 10.2. The molecule has 0 aliphatic rings. The van der Waals surface area contributed by atoms with Gasteiger partial charge >= 0.3 is 10.4 Å². The Balaban J connectivity index is 0.000000437. The van der Waals surface area contributed by atoms with Crippen LogP contribution in [-0.4, -0.2) is 30.1 Å². The maximum absolute atomic E-state index is 8.74. The second-order valence-electron chi connectivity index (χ2n) is 4.24. The molecule has 0 heterocycles. The summed E-state index contributed by atoms with van der Waals surface area (Å²) in [7, 11) is -2.66. The van der Waals surface area contributed by atoms with Crippen molar-refractivity contribution in [3.05, 3.63) is 35.9 Å². The van der Waals surface area contributed by atoms with Gasteiger partial charge in [0.1, 0.15) is 0 Å². The van der Waals surface area contributed by atoms with E-state index >= 15 is 0 Å². The molecule has 0 saturated heterocycles. The molecule has 0 aliphatic heterocycles. The van der Waals surface area contributed by atoms with Gasteiger partial charge in [0.25, 0.3) is 0 Å². The van der Waals surface area contributed by atoms with E-state index in [0.29, 0.717) is 0 Å². The fraction of sp³-hybridized carbons (Fsp3) is 0.455. The lowest BCUT2D eigenvalue weighted by Gasteiger charge is -2.23. The van der Waals surface area contributed by atoms with E-state index in [4.69, 9.17) is 17.5 Å².